The van der Waals surface area contributed by atoms with Crippen molar-refractivity contribution in [3.05, 3.63) is 59.1 Å². The number of carbonyl (C=O) groups is 1. The van der Waals surface area contributed by atoms with Gasteiger partial charge in [0.25, 0.3) is 0 Å². The smallest absolute Gasteiger partial charge is 0.319 e. The number of amides is 2. The van der Waals surface area contributed by atoms with E-state index in [-0.39, 0.29) is 6.54 Å². The number of fused-ring (bicyclic) bond motifs is 1. The number of aryl methyl sites for hydroxylation is 1. The molecule has 0 spiro atoms. The first kappa shape index (κ1) is 16.3. The monoisotopic (exact) mass is 345 g/mol. The average molecular weight is 346 g/mol. The van der Waals surface area contributed by atoms with E-state index in [1.165, 1.54) is 6.26 Å². The van der Waals surface area contributed by atoms with Gasteiger partial charge in [0.05, 0.1) is 29.0 Å². The maximum atomic E-state index is 12.1. The second-order valence-corrected chi connectivity index (χ2v) is 5.72. The van der Waals surface area contributed by atoms with Crippen LogP contribution in [0.1, 0.15) is 17.4 Å². The summed E-state index contributed by atoms with van der Waals surface area (Å²) in [7, 11) is 0. The molecule has 1 atom stereocenters. The molecule has 0 bridgehead atoms. The SMILES string of the molecule is Cc1cc(Cl)c(NC(=O)NC[C@H](O)c2ccco2)c2cccnc12. The standard InChI is InChI=1S/C17H16ClN3O3/c1-10-8-12(18)16(11-4-2-6-19-15(10)11)21-17(23)20-9-13(22)14-5-3-7-24-14/h2-8,13,22H,9H2,1H3,(H2,20,21,23)/t13-/m0/s1. The average Bonchev–Trinajstić information content (AvgIpc) is 3.11. The number of nitrogens with one attached hydrogen (secondary N) is 2. The van der Waals surface area contributed by atoms with Crippen molar-refractivity contribution in [2.75, 3.05) is 11.9 Å². The maximum Gasteiger partial charge on any atom is 0.319 e. The molecule has 0 saturated carbocycles. The van der Waals surface area contributed by atoms with Gasteiger partial charge in [-0.2, -0.15) is 0 Å². The van der Waals surface area contributed by atoms with Gasteiger partial charge < -0.3 is 20.2 Å². The maximum absolute atomic E-state index is 12.1. The van der Waals surface area contributed by atoms with Crippen molar-refractivity contribution in [2.24, 2.45) is 0 Å². The third-order valence-electron chi connectivity index (χ3n) is 3.60. The van der Waals surface area contributed by atoms with Crippen LogP contribution in [0.3, 0.4) is 0 Å². The Labute approximate surface area is 143 Å². The number of hydrogen-bond acceptors (Lipinski definition) is 4. The van der Waals surface area contributed by atoms with E-state index in [0.29, 0.717) is 16.5 Å². The fraction of sp³-hybridized carbons (Fsp3) is 0.176. The summed E-state index contributed by atoms with van der Waals surface area (Å²) in [5, 5.41) is 16.4. The van der Waals surface area contributed by atoms with Gasteiger partial charge in [-0.15, -0.1) is 0 Å². The zero-order valence-electron chi connectivity index (χ0n) is 12.9. The van der Waals surface area contributed by atoms with Crippen LogP contribution in [-0.4, -0.2) is 22.7 Å². The van der Waals surface area contributed by atoms with Gasteiger partial charge in [-0.3, -0.25) is 4.98 Å². The summed E-state index contributed by atoms with van der Waals surface area (Å²) in [5.74, 6) is 0.387. The lowest BCUT2D eigenvalue weighted by Gasteiger charge is -2.14. The van der Waals surface area contributed by atoms with E-state index in [1.54, 1.807) is 30.5 Å². The molecule has 7 heteroatoms. The normalized spacial score (nSPS) is 12.1. The number of nitrogens with zero attached hydrogens (tertiary/aromatic N) is 1. The van der Waals surface area contributed by atoms with Crippen LogP contribution in [0, 0.1) is 6.92 Å². The molecule has 1 aromatic carbocycles. The van der Waals surface area contributed by atoms with Crippen LogP contribution in [0.5, 0.6) is 0 Å². The predicted molar refractivity (Wildman–Crippen MR) is 92.2 cm³/mol. The van der Waals surface area contributed by atoms with Gasteiger partial charge in [-0.05, 0) is 42.8 Å². The van der Waals surface area contributed by atoms with Crippen molar-refractivity contribution in [3.63, 3.8) is 0 Å². The van der Waals surface area contributed by atoms with Crippen LogP contribution in [0.2, 0.25) is 5.02 Å². The van der Waals surface area contributed by atoms with Crippen molar-refractivity contribution >= 4 is 34.2 Å². The molecule has 0 aliphatic rings. The van der Waals surface area contributed by atoms with Gasteiger partial charge in [-0.25, -0.2) is 4.79 Å². The van der Waals surface area contributed by atoms with E-state index in [2.05, 4.69) is 15.6 Å². The number of furan rings is 1. The first-order valence-electron chi connectivity index (χ1n) is 7.36. The quantitative estimate of drug-likeness (QED) is 0.673. The zero-order valence-corrected chi connectivity index (χ0v) is 13.7. The molecular weight excluding hydrogens is 330 g/mol. The molecule has 2 amide bonds. The Bertz CT molecular complexity index is 865. The minimum Gasteiger partial charge on any atom is -0.467 e. The predicted octanol–water partition coefficient (Wildman–Crippen LogP) is 3.64. The van der Waals surface area contributed by atoms with Gasteiger partial charge in [0, 0.05) is 11.6 Å². The lowest BCUT2D eigenvalue weighted by Crippen LogP contribution is -2.32. The Morgan fingerprint density at radius 3 is 3.00 bits per heavy atom. The van der Waals surface area contributed by atoms with Crippen LogP contribution in [0.15, 0.2) is 47.2 Å². The molecular formula is C17H16ClN3O3. The minimum atomic E-state index is -0.919. The van der Waals surface area contributed by atoms with Gasteiger partial charge >= 0.3 is 6.03 Å². The number of benzene rings is 1. The van der Waals surface area contributed by atoms with Crippen LogP contribution in [0.4, 0.5) is 10.5 Å². The molecule has 0 saturated heterocycles. The number of aromatic nitrogens is 1. The van der Waals surface area contributed by atoms with Crippen LogP contribution < -0.4 is 10.6 Å². The molecule has 6 nitrogen and oxygen atoms in total. The van der Waals surface area contributed by atoms with Crippen LogP contribution >= 0.6 is 11.6 Å². The molecule has 3 N–H and O–H groups in total. The van der Waals surface area contributed by atoms with Crippen molar-refractivity contribution in [1.29, 1.82) is 0 Å². The van der Waals surface area contributed by atoms with Crippen LogP contribution in [0.25, 0.3) is 10.9 Å². The van der Waals surface area contributed by atoms with E-state index in [9.17, 15) is 9.90 Å². The van der Waals surface area contributed by atoms with Crippen LogP contribution in [-0.2, 0) is 0 Å². The number of anilines is 1. The molecule has 24 heavy (non-hydrogen) atoms. The fourth-order valence-corrected chi connectivity index (χ4v) is 2.75. The number of pyridine rings is 1. The van der Waals surface area contributed by atoms with E-state index in [1.807, 2.05) is 13.0 Å². The molecule has 0 radical (unpaired) electrons. The number of hydrogen-bond donors (Lipinski definition) is 3. The highest BCUT2D eigenvalue weighted by Crippen LogP contribution is 2.32. The molecule has 0 aliphatic carbocycles. The number of aliphatic hydroxyl groups excluding tert-OH is 1. The number of rotatable bonds is 4. The molecule has 0 fully saturated rings. The third kappa shape index (κ3) is 3.34. The molecule has 0 unspecified atom stereocenters. The summed E-state index contributed by atoms with van der Waals surface area (Å²) in [6.07, 6.45) is 2.23. The van der Waals surface area contributed by atoms with E-state index in [0.717, 1.165) is 16.5 Å². The topological polar surface area (TPSA) is 87.4 Å². The highest BCUT2D eigenvalue weighted by atomic mass is 35.5. The Balaban J connectivity index is 1.74. The Hall–Kier alpha value is -2.57. The number of aliphatic hydroxyl groups is 1. The summed E-state index contributed by atoms with van der Waals surface area (Å²) in [6.45, 7) is 1.92. The number of halogens is 1. The van der Waals surface area contributed by atoms with Gasteiger partial charge in [0.15, 0.2) is 0 Å². The fourth-order valence-electron chi connectivity index (χ4n) is 2.44. The lowest BCUT2D eigenvalue weighted by atomic mass is 10.1. The second kappa shape index (κ2) is 6.90. The summed E-state index contributed by atoms with van der Waals surface area (Å²) >= 11 is 6.26. The first-order valence-corrected chi connectivity index (χ1v) is 7.74. The first-order chi connectivity index (χ1) is 11.6. The summed E-state index contributed by atoms with van der Waals surface area (Å²) in [5.41, 5.74) is 2.18. The van der Waals surface area contributed by atoms with Crippen molar-refractivity contribution in [1.82, 2.24) is 10.3 Å². The summed E-state index contributed by atoms with van der Waals surface area (Å²) in [6, 6.07) is 8.21. The Morgan fingerprint density at radius 1 is 1.42 bits per heavy atom. The second-order valence-electron chi connectivity index (χ2n) is 5.32. The molecule has 0 aliphatic heterocycles. The van der Waals surface area contributed by atoms with Crippen molar-refractivity contribution in [2.45, 2.75) is 13.0 Å². The lowest BCUT2D eigenvalue weighted by molar-refractivity contribution is 0.149. The van der Waals surface area contributed by atoms with Crippen molar-refractivity contribution in [3.8, 4) is 0 Å². The molecule has 3 rings (SSSR count). The Morgan fingerprint density at radius 2 is 2.25 bits per heavy atom. The summed E-state index contributed by atoms with van der Waals surface area (Å²) < 4.78 is 5.08. The van der Waals surface area contributed by atoms with Gasteiger partial charge in [0.2, 0.25) is 0 Å². The number of urea groups is 1. The van der Waals surface area contributed by atoms with Crippen molar-refractivity contribution < 1.29 is 14.3 Å². The largest absolute Gasteiger partial charge is 0.467 e. The number of carbonyl (C=O) groups excluding carboxylic acids is 1. The minimum absolute atomic E-state index is 0.0129. The highest BCUT2D eigenvalue weighted by Gasteiger charge is 2.15. The van der Waals surface area contributed by atoms with E-state index < -0.39 is 12.1 Å². The van der Waals surface area contributed by atoms with E-state index >= 15 is 0 Å². The molecule has 2 heterocycles. The third-order valence-corrected chi connectivity index (χ3v) is 3.90. The zero-order chi connectivity index (χ0) is 17.1. The molecule has 3 aromatic rings. The molecule has 2 aromatic heterocycles. The van der Waals surface area contributed by atoms with E-state index in [4.69, 9.17) is 16.0 Å². The van der Waals surface area contributed by atoms with Gasteiger partial charge in [0.1, 0.15) is 11.9 Å². The summed E-state index contributed by atoms with van der Waals surface area (Å²) in [4.78, 5) is 16.4. The Kier molecular flexibility index (Phi) is 4.69. The highest BCUT2D eigenvalue weighted by molar-refractivity contribution is 6.35. The van der Waals surface area contributed by atoms with Gasteiger partial charge in [-0.1, -0.05) is 11.6 Å². The molecule has 124 valence electrons.